The highest BCUT2D eigenvalue weighted by atomic mass is 127. The molecular weight excluding hydrogens is 589 g/mol. The molecule has 0 saturated carbocycles. The Balaban J connectivity index is 1.76. The van der Waals surface area contributed by atoms with Gasteiger partial charge in [0.15, 0.2) is 0 Å². The molecule has 0 radical (unpaired) electrons. The highest BCUT2D eigenvalue weighted by Crippen LogP contribution is 2.52. The molecule has 3 nitrogen and oxygen atoms in total. The molecule has 1 aromatic heterocycles. The van der Waals surface area contributed by atoms with Gasteiger partial charge in [0, 0.05) is 26.1 Å². The first-order valence-electron chi connectivity index (χ1n) is 12.3. The molecule has 0 amide bonds. The molecule has 0 unspecified atom stereocenters. The normalized spacial score (nSPS) is 12.8. The molecule has 0 aliphatic heterocycles. The molecule has 8 rings (SSSR count). The summed E-state index contributed by atoms with van der Waals surface area (Å²) in [6.45, 7) is 8.11. The van der Waals surface area contributed by atoms with Gasteiger partial charge in [-0.2, -0.15) is 0 Å². The van der Waals surface area contributed by atoms with Crippen LogP contribution in [0.3, 0.4) is 0 Å². The van der Waals surface area contributed by atoms with Crippen LogP contribution in [0.1, 0.15) is 22.3 Å². The third kappa shape index (κ3) is 2.41. The van der Waals surface area contributed by atoms with Crippen LogP contribution >= 0.6 is 30.1 Å². The zero-order chi connectivity index (χ0) is 25.5. The summed E-state index contributed by atoms with van der Waals surface area (Å²) in [4.78, 5) is 29.8. The van der Waals surface area contributed by atoms with Gasteiger partial charge in [-0.25, -0.2) is 4.57 Å². The molecule has 0 N–H and O–H groups in total. The van der Waals surface area contributed by atoms with Gasteiger partial charge in [-0.3, -0.25) is 9.59 Å². The summed E-state index contributed by atoms with van der Waals surface area (Å²) >= 11 is 2.33. The largest absolute Gasteiger partial charge is 0.268 e. The first-order valence-corrected chi connectivity index (χ1v) is 15.7. The van der Waals surface area contributed by atoms with Crippen molar-refractivity contribution in [1.82, 2.24) is 4.57 Å². The van der Waals surface area contributed by atoms with E-state index >= 15 is 0 Å². The van der Waals surface area contributed by atoms with Gasteiger partial charge in [-0.1, -0.05) is 45.3 Å². The maximum Gasteiger partial charge on any atom is 0.266 e. The van der Waals surface area contributed by atoms with Crippen LogP contribution in [0.25, 0.3) is 70.3 Å². The third-order valence-electron chi connectivity index (χ3n) is 8.63. The van der Waals surface area contributed by atoms with Crippen molar-refractivity contribution in [3.8, 4) is 5.69 Å². The number of halogens is 1. The van der Waals surface area contributed by atoms with Gasteiger partial charge < -0.3 is 0 Å². The summed E-state index contributed by atoms with van der Waals surface area (Å²) in [7, 11) is 1.66. The van der Waals surface area contributed by atoms with E-state index in [2.05, 4.69) is 64.5 Å². The van der Waals surface area contributed by atoms with E-state index < -0.39 is 0 Å². The number of hydrogen-bond acceptors (Lipinski definition) is 3. The molecule has 1 heterocycles. The van der Waals surface area contributed by atoms with Crippen LogP contribution in [0.4, 0.5) is 0 Å². The second kappa shape index (κ2) is 7.03. The highest BCUT2D eigenvalue weighted by Gasteiger charge is 2.29. The lowest BCUT2D eigenvalue weighted by molar-refractivity contribution is 0.960. The first kappa shape index (κ1) is 21.9. The van der Waals surface area contributed by atoms with Crippen molar-refractivity contribution < 1.29 is 0 Å². The van der Waals surface area contributed by atoms with E-state index in [9.17, 15) is 9.59 Å². The van der Waals surface area contributed by atoms with E-state index in [0.29, 0.717) is 10.8 Å². The Morgan fingerprint density at radius 3 is 1.84 bits per heavy atom. The fourth-order valence-electron chi connectivity index (χ4n) is 6.88. The second-order valence-electron chi connectivity index (χ2n) is 10.4. The predicted molar refractivity (Wildman–Crippen MR) is 167 cm³/mol. The number of rotatable bonds is 2. The van der Waals surface area contributed by atoms with Crippen molar-refractivity contribution in [2.24, 2.45) is 0 Å². The number of aryl methyl sites for hydroxylation is 3. The summed E-state index contributed by atoms with van der Waals surface area (Å²) in [6.07, 6.45) is 0. The summed E-state index contributed by atoms with van der Waals surface area (Å²) in [5.41, 5.74) is 4.37. The van der Waals surface area contributed by atoms with Gasteiger partial charge >= 0.3 is 0 Å². The Kier molecular flexibility index (Phi) is 4.15. The maximum absolute atomic E-state index is 14.3. The zero-order valence-corrected chi connectivity index (χ0v) is 23.6. The van der Waals surface area contributed by atoms with Crippen LogP contribution in [0.5, 0.6) is 0 Å². The number of hydrogen-bond donors (Lipinski definition) is 0. The Bertz CT molecular complexity index is 2370. The van der Waals surface area contributed by atoms with E-state index in [1.165, 1.54) is 36.9 Å². The van der Waals surface area contributed by atoms with E-state index in [1.54, 1.807) is 8.93 Å². The van der Waals surface area contributed by atoms with E-state index in [0.717, 1.165) is 54.4 Å². The van der Waals surface area contributed by atoms with Gasteiger partial charge in [0.05, 0.1) is 16.5 Å². The van der Waals surface area contributed by atoms with Crippen LogP contribution < -0.4 is 11.1 Å². The lowest BCUT2D eigenvalue weighted by atomic mass is 9.93. The van der Waals surface area contributed by atoms with Crippen molar-refractivity contribution in [2.75, 3.05) is 0 Å². The molecule has 178 valence electrons. The fourth-order valence-corrected chi connectivity index (χ4v) is 8.39. The third-order valence-corrected chi connectivity index (χ3v) is 10.6. The molecule has 0 saturated heterocycles. The first-order chi connectivity index (χ1) is 17.8. The topological polar surface area (TPSA) is 39.1 Å². The fraction of sp³-hybridized carbons (Fsp3) is 0.125. The molecule has 0 atom stereocenters. The van der Waals surface area contributed by atoms with Crippen molar-refractivity contribution >= 4 is 94.8 Å². The van der Waals surface area contributed by atoms with E-state index in [1.807, 2.05) is 32.9 Å². The molecule has 0 spiro atoms. The van der Waals surface area contributed by atoms with Crippen LogP contribution in [-0.2, 0) is 0 Å². The highest BCUT2D eigenvalue weighted by molar-refractivity contribution is 14.2. The Morgan fingerprint density at radius 2 is 1.16 bits per heavy atom. The SMILES string of the molecule is Cc1ccc(C)c(-n2c(=O)c3c4cc(C)c5ccc6ccc7c(SI)cc(c3c2=O)c2c7c6c5c42)c1C. The molecule has 0 fully saturated rings. The smallest absolute Gasteiger partial charge is 0.266 e. The van der Waals surface area contributed by atoms with Gasteiger partial charge in [0.25, 0.3) is 11.1 Å². The molecule has 0 bridgehead atoms. The lowest BCUT2D eigenvalue weighted by Gasteiger charge is -2.12. The molecule has 8 aromatic rings. The minimum Gasteiger partial charge on any atom is -0.268 e. The summed E-state index contributed by atoms with van der Waals surface area (Å²) in [5.74, 6) is 0. The molecule has 7 aromatic carbocycles. The summed E-state index contributed by atoms with van der Waals surface area (Å²) in [5, 5.41) is 12.4. The monoisotopic (exact) mass is 609 g/mol. The van der Waals surface area contributed by atoms with Crippen LogP contribution in [0.2, 0.25) is 0 Å². The molecular formula is C32H20INO2S. The van der Waals surface area contributed by atoms with Gasteiger partial charge in [-0.05, 0) is 116 Å². The van der Waals surface area contributed by atoms with Gasteiger partial charge in [-0.15, -0.1) is 0 Å². The second-order valence-corrected chi connectivity index (χ2v) is 12.3. The van der Waals surface area contributed by atoms with Gasteiger partial charge in [0.1, 0.15) is 0 Å². The molecule has 0 aliphatic carbocycles. The summed E-state index contributed by atoms with van der Waals surface area (Å²) < 4.78 is 1.44. The van der Waals surface area contributed by atoms with Crippen LogP contribution in [0.15, 0.2) is 63.0 Å². The van der Waals surface area contributed by atoms with Gasteiger partial charge in [0.2, 0.25) is 0 Å². The quantitative estimate of drug-likeness (QED) is 0.146. The predicted octanol–water partition coefficient (Wildman–Crippen LogP) is 8.54. The minimum absolute atomic E-state index is 0.218. The van der Waals surface area contributed by atoms with E-state index in [4.69, 9.17) is 0 Å². The van der Waals surface area contributed by atoms with Crippen molar-refractivity contribution in [3.63, 3.8) is 0 Å². The molecule has 5 heteroatoms. The number of aromatic nitrogens is 1. The zero-order valence-electron chi connectivity index (χ0n) is 20.7. The minimum atomic E-state index is -0.219. The van der Waals surface area contributed by atoms with Crippen molar-refractivity contribution in [1.29, 1.82) is 0 Å². The number of nitrogens with zero attached hydrogens (tertiary/aromatic N) is 1. The maximum atomic E-state index is 14.3. The van der Waals surface area contributed by atoms with Crippen LogP contribution in [-0.4, -0.2) is 4.57 Å². The van der Waals surface area contributed by atoms with Crippen LogP contribution in [0, 0.1) is 27.7 Å². The molecule has 37 heavy (non-hydrogen) atoms. The Hall–Kier alpha value is -3.16. The standard InChI is InChI=1S/C32H20INO2S/c1-13-5-6-14(2)30(16(13)4)34-31(35)28-20-11-15(3)18-9-7-17-8-10-19-22(37-33)12-21(29(28)32(34)36)27-25(19)23(17)24(18)26(20)27/h5-12H,1-4H3. The average Bonchev–Trinajstić information content (AvgIpc) is 3.38. The average molecular weight is 609 g/mol. The van der Waals surface area contributed by atoms with Crippen molar-refractivity contribution in [3.05, 3.63) is 91.5 Å². The van der Waals surface area contributed by atoms with Crippen molar-refractivity contribution in [2.45, 2.75) is 32.6 Å². The number of benzene rings is 6. The summed E-state index contributed by atoms with van der Waals surface area (Å²) in [6, 6.07) is 17.1. The lowest BCUT2D eigenvalue weighted by Crippen LogP contribution is -2.25. The number of fused-ring (bicyclic) bond motifs is 3. The van der Waals surface area contributed by atoms with E-state index in [-0.39, 0.29) is 11.1 Å². The Morgan fingerprint density at radius 1 is 0.595 bits per heavy atom. The molecule has 0 aliphatic rings. The Labute approximate surface area is 228 Å².